The van der Waals surface area contributed by atoms with Gasteiger partial charge in [0.15, 0.2) is 0 Å². The van der Waals surface area contributed by atoms with Crippen molar-refractivity contribution in [1.29, 1.82) is 0 Å². The van der Waals surface area contributed by atoms with Gasteiger partial charge in [0.25, 0.3) is 0 Å². The summed E-state index contributed by atoms with van der Waals surface area (Å²) in [6, 6.07) is 10.9. The number of rotatable bonds is 3. The summed E-state index contributed by atoms with van der Waals surface area (Å²) in [7, 11) is 0. The third-order valence-corrected chi connectivity index (χ3v) is 9.23. The maximum Gasteiger partial charge on any atom is 0.0469 e. The Hall–Kier alpha value is 0.368. The second kappa shape index (κ2) is 16.7. The summed E-state index contributed by atoms with van der Waals surface area (Å²) < 4.78 is 53.6. The summed E-state index contributed by atoms with van der Waals surface area (Å²) in [5.74, 6) is 0.689. The standard InChI is InChI=1S/C19H25F2.C13H15F2.2Y/c1-13-5-7-14(8-6-13)15-9-11-16(12-10-15)17-3-2-4-18(20)19(17)21;1-9-5-7-10(8-6-9)11-3-2-4-12(14)13(11)15;;/h2-3,13-16H,5-12H2,1H3;2-3,9-10H,5-8H2,1H3;;/q2*-1;;. The fourth-order valence-electron chi connectivity index (χ4n) is 6.80. The van der Waals surface area contributed by atoms with E-state index in [9.17, 15) is 17.6 Å². The SMILES string of the molecule is CC1CCC(C2CCC(c3cc[c-]c(F)c3F)CC2)CC1.CC1CCC(c2cc[c-]c(F)c2F)CC1.[Y].[Y]. The zero-order chi connectivity index (χ0) is 25.7. The van der Waals surface area contributed by atoms with Crippen LogP contribution in [-0.4, -0.2) is 0 Å². The Labute approximate surface area is 277 Å². The Balaban J connectivity index is 0.000000266. The van der Waals surface area contributed by atoms with Gasteiger partial charge in [-0.15, -0.1) is 23.3 Å². The van der Waals surface area contributed by atoms with Crippen LogP contribution >= 0.6 is 0 Å². The molecule has 0 nitrogen and oxygen atoms in total. The molecule has 3 saturated carbocycles. The molecule has 2 aromatic carbocycles. The molecule has 2 radical (unpaired) electrons. The Morgan fingerprint density at radius 3 is 1.24 bits per heavy atom. The molecule has 3 aliphatic rings. The van der Waals surface area contributed by atoms with Crippen molar-refractivity contribution >= 4 is 0 Å². The summed E-state index contributed by atoms with van der Waals surface area (Å²) in [4.78, 5) is 0. The van der Waals surface area contributed by atoms with Gasteiger partial charge in [0, 0.05) is 88.7 Å². The van der Waals surface area contributed by atoms with E-state index < -0.39 is 23.3 Å². The first-order valence-corrected chi connectivity index (χ1v) is 14.0. The predicted octanol–water partition coefficient (Wildman–Crippen LogP) is 9.92. The molecule has 0 aromatic heterocycles. The van der Waals surface area contributed by atoms with Gasteiger partial charge >= 0.3 is 0 Å². The molecule has 0 bridgehead atoms. The fourth-order valence-corrected chi connectivity index (χ4v) is 6.80. The van der Waals surface area contributed by atoms with Crippen molar-refractivity contribution in [3.8, 4) is 0 Å². The van der Waals surface area contributed by atoms with Crippen molar-refractivity contribution in [3.05, 3.63) is 70.8 Å². The molecule has 0 saturated heterocycles. The molecule has 38 heavy (non-hydrogen) atoms. The van der Waals surface area contributed by atoms with Crippen LogP contribution in [0, 0.1) is 59.1 Å². The quantitative estimate of drug-likeness (QED) is 0.224. The van der Waals surface area contributed by atoms with Crippen molar-refractivity contribution in [2.24, 2.45) is 23.7 Å². The van der Waals surface area contributed by atoms with Crippen molar-refractivity contribution in [1.82, 2.24) is 0 Å². The molecule has 0 atom stereocenters. The molecular weight excluding hydrogens is 638 g/mol. The van der Waals surface area contributed by atoms with Crippen LogP contribution in [-0.2, 0) is 65.4 Å². The Morgan fingerprint density at radius 2 is 0.842 bits per heavy atom. The van der Waals surface area contributed by atoms with Gasteiger partial charge in [-0.3, -0.25) is 8.78 Å². The fraction of sp³-hybridized carbons (Fsp3) is 0.625. The molecule has 0 N–H and O–H groups in total. The number of hydrogen-bond donors (Lipinski definition) is 0. The van der Waals surface area contributed by atoms with Gasteiger partial charge in [-0.1, -0.05) is 39.5 Å². The largest absolute Gasteiger partial charge is 0.281 e. The van der Waals surface area contributed by atoms with Gasteiger partial charge < -0.3 is 0 Å². The Kier molecular flexibility index (Phi) is 15.2. The number of benzene rings is 2. The van der Waals surface area contributed by atoms with E-state index in [4.69, 9.17) is 0 Å². The molecule has 0 amide bonds. The minimum Gasteiger partial charge on any atom is -0.281 e. The van der Waals surface area contributed by atoms with Crippen LogP contribution in [0.2, 0.25) is 0 Å². The summed E-state index contributed by atoms with van der Waals surface area (Å²) in [6.07, 6.45) is 14.1. The summed E-state index contributed by atoms with van der Waals surface area (Å²) >= 11 is 0. The average molecular weight is 678 g/mol. The molecule has 0 spiro atoms. The van der Waals surface area contributed by atoms with E-state index in [1.807, 2.05) is 0 Å². The first-order valence-electron chi connectivity index (χ1n) is 14.0. The van der Waals surface area contributed by atoms with Crippen molar-refractivity contribution < 1.29 is 83.0 Å². The molecule has 204 valence electrons. The van der Waals surface area contributed by atoms with Crippen LogP contribution in [0.5, 0.6) is 0 Å². The van der Waals surface area contributed by atoms with Crippen LogP contribution in [0.4, 0.5) is 17.6 Å². The molecule has 0 unspecified atom stereocenters. The summed E-state index contributed by atoms with van der Waals surface area (Å²) in [5.41, 5.74) is 1.11. The second-order valence-corrected chi connectivity index (χ2v) is 11.7. The summed E-state index contributed by atoms with van der Waals surface area (Å²) in [6.45, 7) is 4.57. The topological polar surface area (TPSA) is 0 Å². The summed E-state index contributed by atoms with van der Waals surface area (Å²) in [5, 5.41) is 0. The van der Waals surface area contributed by atoms with Gasteiger partial charge in [0.05, 0.1) is 0 Å². The molecule has 0 heterocycles. The van der Waals surface area contributed by atoms with E-state index in [0.717, 1.165) is 62.2 Å². The molecule has 5 rings (SSSR count). The average Bonchev–Trinajstić information content (AvgIpc) is 2.89. The molecule has 2 aromatic rings. The van der Waals surface area contributed by atoms with Crippen LogP contribution in [0.15, 0.2) is 24.3 Å². The zero-order valence-electron chi connectivity index (χ0n) is 22.9. The molecule has 0 aliphatic heterocycles. The van der Waals surface area contributed by atoms with E-state index in [2.05, 4.69) is 26.0 Å². The minimum atomic E-state index is -0.842. The maximum atomic E-state index is 13.9. The van der Waals surface area contributed by atoms with Crippen LogP contribution in [0.1, 0.15) is 114 Å². The molecule has 6 heteroatoms. The Bertz CT molecular complexity index is 973. The number of halogens is 4. The monoisotopic (exact) mass is 678 g/mol. The maximum absolute atomic E-state index is 13.9. The first kappa shape index (κ1) is 34.6. The van der Waals surface area contributed by atoms with E-state index in [-0.39, 0.29) is 77.3 Å². The third-order valence-electron chi connectivity index (χ3n) is 9.23. The normalized spacial score (nSPS) is 29.2. The van der Waals surface area contributed by atoms with Gasteiger partial charge in [0.1, 0.15) is 0 Å². The van der Waals surface area contributed by atoms with E-state index in [0.29, 0.717) is 11.1 Å². The van der Waals surface area contributed by atoms with Gasteiger partial charge in [-0.25, -0.2) is 8.78 Å². The van der Waals surface area contributed by atoms with E-state index in [1.165, 1.54) is 50.7 Å². The van der Waals surface area contributed by atoms with Crippen LogP contribution < -0.4 is 0 Å². The minimum absolute atomic E-state index is 0. The van der Waals surface area contributed by atoms with Crippen molar-refractivity contribution in [2.45, 2.75) is 103 Å². The first-order chi connectivity index (χ1) is 17.3. The van der Waals surface area contributed by atoms with E-state index in [1.54, 1.807) is 12.1 Å². The second-order valence-electron chi connectivity index (χ2n) is 11.7. The van der Waals surface area contributed by atoms with Crippen molar-refractivity contribution in [3.63, 3.8) is 0 Å². The third kappa shape index (κ3) is 9.19. The molecular formula is C32H40F4Y2-2. The number of hydrogen-bond acceptors (Lipinski definition) is 0. The Morgan fingerprint density at radius 1 is 0.526 bits per heavy atom. The van der Waals surface area contributed by atoms with Gasteiger partial charge in [-0.2, -0.15) is 24.3 Å². The molecule has 3 aliphatic carbocycles. The zero-order valence-corrected chi connectivity index (χ0v) is 28.6. The van der Waals surface area contributed by atoms with Crippen LogP contribution in [0.25, 0.3) is 0 Å². The van der Waals surface area contributed by atoms with E-state index >= 15 is 0 Å². The van der Waals surface area contributed by atoms with Gasteiger partial charge in [0.2, 0.25) is 0 Å². The smallest absolute Gasteiger partial charge is 0.0469 e. The van der Waals surface area contributed by atoms with Crippen molar-refractivity contribution in [2.75, 3.05) is 0 Å². The van der Waals surface area contributed by atoms with Gasteiger partial charge in [-0.05, 0) is 86.9 Å². The molecule has 3 fully saturated rings. The van der Waals surface area contributed by atoms with Crippen LogP contribution in [0.3, 0.4) is 0 Å². The predicted molar refractivity (Wildman–Crippen MR) is 137 cm³/mol.